The molecule has 3 nitrogen and oxygen atoms in total. The zero-order valence-corrected chi connectivity index (χ0v) is 10.7. The molecule has 0 radical (unpaired) electrons. The lowest BCUT2D eigenvalue weighted by Gasteiger charge is -2.29. The summed E-state index contributed by atoms with van der Waals surface area (Å²) in [7, 11) is 0. The number of rotatable bonds is 3. The average molecular weight is 267 g/mol. The molecule has 0 spiro atoms. The first kappa shape index (κ1) is 20.2. The van der Waals surface area contributed by atoms with Crippen LogP contribution < -0.4 is 16.8 Å². The summed E-state index contributed by atoms with van der Waals surface area (Å²) in [6, 6.07) is 0.877. The van der Waals surface area contributed by atoms with Crippen LogP contribution in [0.15, 0.2) is 0 Å². The maximum Gasteiger partial charge on any atom is 0.0219 e. The predicted molar refractivity (Wildman–Crippen MR) is 69.0 cm³/mol. The van der Waals surface area contributed by atoms with Gasteiger partial charge in [-0.2, -0.15) is 0 Å². The molecule has 1 fully saturated rings. The van der Waals surface area contributed by atoms with Gasteiger partial charge in [0.15, 0.2) is 0 Å². The molecule has 1 aliphatic carbocycles. The van der Waals surface area contributed by atoms with E-state index in [-0.39, 0.29) is 37.2 Å². The van der Waals surface area contributed by atoms with E-state index in [2.05, 4.69) is 5.32 Å². The number of nitrogens with one attached hydrogen (secondary N) is 1. The lowest BCUT2D eigenvalue weighted by atomic mass is 9.91. The van der Waals surface area contributed by atoms with Crippen LogP contribution in [0.2, 0.25) is 0 Å². The molecule has 1 saturated carbocycles. The van der Waals surface area contributed by atoms with E-state index in [9.17, 15) is 0 Å². The Hall–Kier alpha value is 0.750. The van der Waals surface area contributed by atoms with Gasteiger partial charge in [-0.1, -0.05) is 12.8 Å². The molecule has 0 saturated heterocycles. The molecular weight excluding hydrogens is 244 g/mol. The maximum absolute atomic E-state index is 5.92. The second-order valence-electron chi connectivity index (χ2n) is 3.30. The van der Waals surface area contributed by atoms with Gasteiger partial charge in [-0.25, -0.2) is 0 Å². The van der Waals surface area contributed by atoms with Gasteiger partial charge < -0.3 is 16.8 Å². The Morgan fingerprint density at radius 1 is 1.07 bits per heavy atom. The molecule has 1 aliphatic rings. The largest absolute Gasteiger partial charge is 0.329 e. The molecule has 0 aromatic heterocycles. The van der Waals surface area contributed by atoms with Gasteiger partial charge in [0.1, 0.15) is 0 Å². The van der Waals surface area contributed by atoms with Crippen LogP contribution in [-0.4, -0.2) is 25.2 Å². The standard InChI is InChI=1S/C8H19N3.3ClH/c9-5-6-11-8-4-2-1-3-7(8)10;;;/h7-8,11H,1-6,9-10H2;3*1H/t7-,8-;;;/m1.../s1. The highest BCUT2D eigenvalue weighted by molar-refractivity contribution is 5.86. The highest BCUT2D eigenvalue weighted by Gasteiger charge is 2.20. The summed E-state index contributed by atoms with van der Waals surface area (Å²) in [4.78, 5) is 0. The summed E-state index contributed by atoms with van der Waals surface area (Å²) in [6.45, 7) is 1.61. The Balaban J connectivity index is -0.000000403. The van der Waals surface area contributed by atoms with Crippen LogP contribution in [0.25, 0.3) is 0 Å². The molecule has 0 aromatic rings. The van der Waals surface area contributed by atoms with Gasteiger partial charge in [-0.15, -0.1) is 37.2 Å². The van der Waals surface area contributed by atoms with Crippen LogP contribution in [-0.2, 0) is 0 Å². The minimum absolute atomic E-state index is 0. The van der Waals surface area contributed by atoms with Crippen LogP contribution in [0.4, 0.5) is 0 Å². The minimum atomic E-state index is 0. The van der Waals surface area contributed by atoms with E-state index >= 15 is 0 Å². The van der Waals surface area contributed by atoms with Crippen molar-refractivity contribution in [1.29, 1.82) is 0 Å². The van der Waals surface area contributed by atoms with Crippen LogP contribution in [0.1, 0.15) is 25.7 Å². The summed E-state index contributed by atoms with van der Waals surface area (Å²) in [5, 5.41) is 3.37. The second-order valence-corrected chi connectivity index (χ2v) is 3.30. The summed E-state index contributed by atoms with van der Waals surface area (Å²) < 4.78 is 0. The van der Waals surface area contributed by atoms with E-state index in [4.69, 9.17) is 11.5 Å². The molecule has 0 aliphatic heterocycles. The molecular formula is C8H22Cl3N3. The smallest absolute Gasteiger partial charge is 0.0219 e. The normalized spacial score (nSPS) is 25.3. The average Bonchev–Trinajstić information content (AvgIpc) is 2.03. The fourth-order valence-corrected chi connectivity index (χ4v) is 1.68. The van der Waals surface area contributed by atoms with Crippen molar-refractivity contribution in [3.05, 3.63) is 0 Å². The first-order chi connectivity index (χ1) is 5.34. The topological polar surface area (TPSA) is 64.1 Å². The summed E-state index contributed by atoms with van der Waals surface area (Å²) in [6.07, 6.45) is 5.00. The summed E-state index contributed by atoms with van der Waals surface area (Å²) in [5.41, 5.74) is 11.3. The van der Waals surface area contributed by atoms with Crippen LogP contribution >= 0.6 is 37.2 Å². The van der Waals surface area contributed by atoms with Gasteiger partial charge in [0.2, 0.25) is 0 Å². The Bertz CT molecular complexity index is 116. The van der Waals surface area contributed by atoms with Crippen molar-refractivity contribution < 1.29 is 0 Å². The number of nitrogens with two attached hydrogens (primary N) is 2. The van der Waals surface area contributed by atoms with Gasteiger partial charge in [-0.3, -0.25) is 0 Å². The van der Waals surface area contributed by atoms with E-state index in [1.54, 1.807) is 0 Å². The van der Waals surface area contributed by atoms with Crippen molar-refractivity contribution in [1.82, 2.24) is 5.32 Å². The zero-order chi connectivity index (χ0) is 8.10. The van der Waals surface area contributed by atoms with E-state index in [1.807, 2.05) is 0 Å². The molecule has 90 valence electrons. The van der Waals surface area contributed by atoms with Crippen molar-refractivity contribution in [3.63, 3.8) is 0 Å². The highest BCUT2D eigenvalue weighted by Crippen LogP contribution is 2.16. The van der Waals surface area contributed by atoms with Gasteiger partial charge in [0.05, 0.1) is 0 Å². The number of hydrogen-bond donors (Lipinski definition) is 3. The van der Waals surface area contributed by atoms with Gasteiger partial charge in [-0.05, 0) is 12.8 Å². The molecule has 0 bridgehead atoms. The van der Waals surface area contributed by atoms with E-state index in [1.165, 1.54) is 25.7 Å². The Kier molecular flexibility index (Phi) is 17.1. The second kappa shape index (κ2) is 11.8. The van der Waals surface area contributed by atoms with Gasteiger partial charge >= 0.3 is 0 Å². The lowest BCUT2D eigenvalue weighted by Crippen LogP contribution is -2.48. The SMILES string of the molecule is Cl.Cl.Cl.NCCN[C@@H]1CCCC[C@H]1N. The Morgan fingerprint density at radius 2 is 1.64 bits per heavy atom. The van der Waals surface area contributed by atoms with E-state index < -0.39 is 0 Å². The highest BCUT2D eigenvalue weighted by atomic mass is 35.5. The third-order valence-corrected chi connectivity index (χ3v) is 2.37. The van der Waals surface area contributed by atoms with E-state index in [0.717, 1.165) is 6.54 Å². The molecule has 1 rings (SSSR count). The zero-order valence-electron chi connectivity index (χ0n) is 8.28. The summed E-state index contributed by atoms with van der Waals surface area (Å²) in [5.74, 6) is 0. The molecule has 0 heterocycles. The Labute approximate surface area is 105 Å². The molecule has 2 atom stereocenters. The van der Waals surface area contributed by atoms with Crippen molar-refractivity contribution in [3.8, 4) is 0 Å². The van der Waals surface area contributed by atoms with Gasteiger partial charge in [0.25, 0.3) is 0 Å². The number of halogens is 3. The van der Waals surface area contributed by atoms with Gasteiger partial charge in [0, 0.05) is 25.2 Å². The van der Waals surface area contributed by atoms with Crippen molar-refractivity contribution in [2.45, 2.75) is 37.8 Å². The quantitative estimate of drug-likeness (QED) is 0.716. The van der Waals surface area contributed by atoms with Crippen molar-refractivity contribution >= 4 is 37.2 Å². The lowest BCUT2D eigenvalue weighted by molar-refractivity contribution is 0.331. The maximum atomic E-state index is 5.92. The van der Waals surface area contributed by atoms with Crippen molar-refractivity contribution in [2.24, 2.45) is 11.5 Å². The minimum Gasteiger partial charge on any atom is -0.329 e. The predicted octanol–water partition coefficient (Wildman–Crippen LogP) is 1.07. The summed E-state index contributed by atoms with van der Waals surface area (Å²) >= 11 is 0. The van der Waals surface area contributed by atoms with Crippen molar-refractivity contribution in [2.75, 3.05) is 13.1 Å². The Morgan fingerprint density at radius 3 is 2.14 bits per heavy atom. The first-order valence-electron chi connectivity index (χ1n) is 4.53. The molecule has 14 heavy (non-hydrogen) atoms. The monoisotopic (exact) mass is 265 g/mol. The number of hydrogen-bond acceptors (Lipinski definition) is 3. The first-order valence-corrected chi connectivity index (χ1v) is 4.53. The molecule has 0 amide bonds. The molecule has 5 N–H and O–H groups in total. The fraction of sp³-hybridized carbons (Fsp3) is 1.00. The van der Waals surface area contributed by atoms with E-state index in [0.29, 0.717) is 18.6 Å². The third-order valence-electron chi connectivity index (χ3n) is 2.37. The molecule has 6 heteroatoms. The van der Waals surface area contributed by atoms with Crippen LogP contribution in [0, 0.1) is 0 Å². The fourth-order valence-electron chi connectivity index (χ4n) is 1.68. The molecule has 0 unspecified atom stereocenters. The van der Waals surface area contributed by atoms with Crippen LogP contribution in [0.3, 0.4) is 0 Å². The molecule has 0 aromatic carbocycles. The third kappa shape index (κ3) is 7.10. The van der Waals surface area contributed by atoms with Crippen LogP contribution in [0.5, 0.6) is 0 Å².